The van der Waals surface area contributed by atoms with Gasteiger partial charge in [-0.15, -0.1) is 0 Å². The van der Waals surface area contributed by atoms with Crippen LogP contribution in [0, 0.1) is 6.92 Å². The van der Waals surface area contributed by atoms with Gasteiger partial charge in [0, 0.05) is 13.6 Å². The number of aromatic nitrogens is 2. The number of sulfonamides is 1. The fourth-order valence-corrected chi connectivity index (χ4v) is 4.01. The highest BCUT2D eigenvalue weighted by molar-refractivity contribution is 7.89. The third-order valence-corrected chi connectivity index (χ3v) is 5.90. The Kier molecular flexibility index (Phi) is 4.32. The van der Waals surface area contributed by atoms with E-state index < -0.39 is 21.1 Å². The van der Waals surface area contributed by atoms with Crippen molar-refractivity contribution in [2.24, 2.45) is 0 Å². The van der Waals surface area contributed by atoms with Crippen LogP contribution in [0.5, 0.6) is 0 Å². The van der Waals surface area contributed by atoms with Crippen molar-refractivity contribution in [1.82, 2.24) is 14.3 Å². The third-order valence-electron chi connectivity index (χ3n) is 3.95. The van der Waals surface area contributed by atoms with Crippen LogP contribution < -0.4 is 11.1 Å². The van der Waals surface area contributed by atoms with Crippen molar-refractivity contribution in [3.05, 3.63) is 74.3 Å². The van der Waals surface area contributed by atoms with Gasteiger partial charge in [0.1, 0.15) is 0 Å². The van der Waals surface area contributed by atoms with Crippen molar-refractivity contribution in [3.8, 4) is 0 Å². The highest BCUT2D eigenvalue weighted by atomic mass is 32.2. The molecule has 0 radical (unpaired) electrons. The average Bonchev–Trinajstić information content (AvgIpc) is 2.56. The van der Waals surface area contributed by atoms with Gasteiger partial charge in [0.2, 0.25) is 10.0 Å². The molecule has 0 spiro atoms. The summed E-state index contributed by atoms with van der Waals surface area (Å²) in [5, 5.41) is 0. The van der Waals surface area contributed by atoms with Gasteiger partial charge in [0.25, 0.3) is 0 Å². The van der Waals surface area contributed by atoms with E-state index in [1.807, 2.05) is 30.3 Å². The Bertz CT molecular complexity index is 1150. The minimum absolute atomic E-state index is 0.0844. The molecule has 1 heterocycles. The second kappa shape index (κ2) is 6.30. The Labute approximate surface area is 144 Å². The summed E-state index contributed by atoms with van der Waals surface area (Å²) in [5.41, 5.74) is 0.398. The van der Waals surface area contributed by atoms with Gasteiger partial charge in [0.05, 0.1) is 15.9 Å². The quantitative estimate of drug-likeness (QED) is 0.686. The Morgan fingerprint density at radius 3 is 2.12 bits per heavy atom. The summed E-state index contributed by atoms with van der Waals surface area (Å²) in [5.74, 6) is 0. The number of hydrogen-bond donors (Lipinski definition) is 2. The van der Waals surface area contributed by atoms with E-state index in [9.17, 15) is 18.0 Å². The summed E-state index contributed by atoms with van der Waals surface area (Å²) < 4.78 is 27.1. The molecule has 130 valence electrons. The van der Waals surface area contributed by atoms with Crippen LogP contribution in [0.1, 0.15) is 11.1 Å². The van der Waals surface area contributed by atoms with E-state index in [1.165, 1.54) is 23.5 Å². The molecule has 0 aliphatic carbocycles. The van der Waals surface area contributed by atoms with Gasteiger partial charge in [-0.1, -0.05) is 30.3 Å². The molecule has 2 aromatic carbocycles. The number of hydrogen-bond acceptors (Lipinski definition) is 4. The zero-order valence-electron chi connectivity index (χ0n) is 13.7. The minimum Gasteiger partial charge on any atom is -0.316 e. The maximum atomic E-state index is 12.9. The zero-order valence-corrected chi connectivity index (χ0v) is 14.6. The first-order valence-electron chi connectivity index (χ1n) is 7.56. The average molecular weight is 359 g/mol. The van der Waals surface area contributed by atoms with E-state index in [4.69, 9.17) is 0 Å². The van der Waals surface area contributed by atoms with Crippen LogP contribution in [-0.4, -0.2) is 29.7 Å². The highest BCUT2D eigenvalue weighted by Gasteiger charge is 2.23. The fraction of sp³-hybridized carbons (Fsp3) is 0.176. The molecule has 3 rings (SSSR count). The Morgan fingerprint density at radius 2 is 1.52 bits per heavy atom. The lowest BCUT2D eigenvalue weighted by Gasteiger charge is -2.19. The van der Waals surface area contributed by atoms with Gasteiger partial charge < -0.3 is 9.97 Å². The molecular formula is C17H17N3O4S. The molecule has 1 aromatic heterocycles. The predicted octanol–water partition coefficient (Wildman–Crippen LogP) is 1.35. The molecule has 0 aliphatic rings. The molecule has 8 heteroatoms. The summed E-state index contributed by atoms with van der Waals surface area (Å²) in [6.45, 7) is 1.87. The Balaban J connectivity index is 2.07. The second-order valence-electron chi connectivity index (χ2n) is 5.82. The van der Waals surface area contributed by atoms with Gasteiger partial charge in [-0.3, -0.25) is 9.59 Å². The van der Waals surface area contributed by atoms with Crippen molar-refractivity contribution in [3.63, 3.8) is 0 Å². The largest absolute Gasteiger partial charge is 0.316 e. The molecule has 0 unspecified atom stereocenters. The molecule has 7 nitrogen and oxygen atoms in total. The van der Waals surface area contributed by atoms with Gasteiger partial charge in [0.15, 0.2) is 0 Å². The van der Waals surface area contributed by atoms with Crippen LogP contribution in [-0.2, 0) is 16.6 Å². The van der Waals surface area contributed by atoms with E-state index >= 15 is 0 Å². The zero-order chi connectivity index (χ0) is 18.2. The number of H-pyrrole nitrogens is 2. The van der Waals surface area contributed by atoms with Gasteiger partial charge >= 0.3 is 11.1 Å². The molecule has 0 amide bonds. The Hall–Kier alpha value is -2.71. The molecule has 0 aliphatic heterocycles. The number of aryl methyl sites for hydroxylation is 1. The van der Waals surface area contributed by atoms with Gasteiger partial charge in [-0.05, 0) is 30.2 Å². The molecule has 3 aromatic rings. The van der Waals surface area contributed by atoms with Crippen molar-refractivity contribution in [1.29, 1.82) is 0 Å². The maximum Gasteiger partial charge on any atom is 0.314 e. The molecule has 0 bridgehead atoms. The van der Waals surface area contributed by atoms with E-state index in [0.29, 0.717) is 11.1 Å². The standard InChI is InChI=1S/C17H17N3O4S/c1-11-8-13-14(19-17(22)16(21)18-13)9-15(11)25(23,24)20(2)10-12-6-4-3-5-7-12/h3-9H,10H2,1-2H3,(H,18,21)(H,19,22). The summed E-state index contributed by atoms with van der Waals surface area (Å²) in [6.07, 6.45) is 0. The fourth-order valence-electron chi connectivity index (χ4n) is 2.62. The van der Waals surface area contributed by atoms with Crippen LogP contribution in [0.3, 0.4) is 0 Å². The smallest absolute Gasteiger partial charge is 0.314 e. The van der Waals surface area contributed by atoms with E-state index in [1.54, 1.807) is 6.92 Å². The lowest BCUT2D eigenvalue weighted by molar-refractivity contribution is 0.466. The van der Waals surface area contributed by atoms with Crippen LogP contribution in [0.25, 0.3) is 11.0 Å². The monoisotopic (exact) mass is 359 g/mol. The molecule has 0 fully saturated rings. The van der Waals surface area contributed by atoms with Gasteiger partial charge in [-0.25, -0.2) is 8.42 Å². The SMILES string of the molecule is Cc1cc2[nH]c(=O)c(=O)[nH]c2cc1S(=O)(=O)N(C)Cc1ccccc1. The van der Waals surface area contributed by atoms with Crippen molar-refractivity contribution in [2.45, 2.75) is 18.4 Å². The van der Waals surface area contributed by atoms with Crippen molar-refractivity contribution in [2.75, 3.05) is 7.05 Å². The van der Waals surface area contributed by atoms with Crippen LogP contribution in [0.15, 0.2) is 56.9 Å². The number of rotatable bonds is 4. The number of nitrogens with zero attached hydrogens (tertiary/aromatic N) is 1. The van der Waals surface area contributed by atoms with Crippen LogP contribution in [0.4, 0.5) is 0 Å². The topological polar surface area (TPSA) is 103 Å². The highest BCUT2D eigenvalue weighted by Crippen LogP contribution is 2.23. The maximum absolute atomic E-state index is 12.9. The number of fused-ring (bicyclic) bond motifs is 1. The first-order valence-corrected chi connectivity index (χ1v) is 9.00. The summed E-state index contributed by atoms with van der Waals surface area (Å²) in [4.78, 5) is 27.8. The van der Waals surface area contributed by atoms with E-state index in [0.717, 1.165) is 5.56 Å². The predicted molar refractivity (Wildman–Crippen MR) is 95.0 cm³/mol. The van der Waals surface area contributed by atoms with Crippen LogP contribution in [0.2, 0.25) is 0 Å². The molecule has 0 atom stereocenters. The minimum atomic E-state index is -3.76. The molecular weight excluding hydrogens is 342 g/mol. The molecule has 0 saturated heterocycles. The Morgan fingerprint density at radius 1 is 0.960 bits per heavy atom. The first kappa shape index (κ1) is 17.1. The number of nitrogens with one attached hydrogen (secondary N) is 2. The second-order valence-corrected chi connectivity index (χ2v) is 7.83. The lowest BCUT2D eigenvalue weighted by atomic mass is 10.2. The first-order chi connectivity index (χ1) is 11.8. The lowest BCUT2D eigenvalue weighted by Crippen LogP contribution is -2.30. The normalized spacial score (nSPS) is 12.0. The van der Waals surface area contributed by atoms with Crippen molar-refractivity contribution >= 4 is 21.1 Å². The molecule has 2 N–H and O–H groups in total. The summed E-state index contributed by atoms with van der Waals surface area (Å²) >= 11 is 0. The summed E-state index contributed by atoms with van der Waals surface area (Å²) in [7, 11) is -2.26. The molecule has 0 saturated carbocycles. The number of aromatic amines is 2. The van der Waals surface area contributed by atoms with Crippen molar-refractivity contribution < 1.29 is 8.42 Å². The van der Waals surface area contributed by atoms with E-state index in [2.05, 4.69) is 9.97 Å². The van der Waals surface area contributed by atoms with E-state index in [-0.39, 0.29) is 17.0 Å². The third kappa shape index (κ3) is 3.26. The van der Waals surface area contributed by atoms with Gasteiger partial charge in [-0.2, -0.15) is 4.31 Å². The molecule has 25 heavy (non-hydrogen) atoms. The number of benzene rings is 2. The summed E-state index contributed by atoms with van der Waals surface area (Å²) in [6, 6.07) is 12.2. The van der Waals surface area contributed by atoms with Crippen LogP contribution >= 0.6 is 0 Å².